The Morgan fingerprint density at radius 2 is 1.55 bits per heavy atom. The van der Waals surface area contributed by atoms with Crippen molar-refractivity contribution in [1.82, 2.24) is 15.0 Å². The highest BCUT2D eigenvalue weighted by molar-refractivity contribution is 7.86. The van der Waals surface area contributed by atoms with Crippen molar-refractivity contribution >= 4 is 59.0 Å². The van der Waals surface area contributed by atoms with Crippen LogP contribution in [0.15, 0.2) is 116 Å². The number of pyridine rings is 1. The van der Waals surface area contributed by atoms with Crippen molar-refractivity contribution in [2.24, 2.45) is 20.5 Å². The predicted molar refractivity (Wildman–Crippen MR) is 173 cm³/mol. The molecule has 0 saturated heterocycles. The van der Waals surface area contributed by atoms with Gasteiger partial charge in [0.1, 0.15) is 21.2 Å². The van der Waals surface area contributed by atoms with E-state index in [1.807, 2.05) is 5.01 Å². The second-order valence-corrected chi connectivity index (χ2v) is 13.2. The number of hydrogen-bond donors (Lipinski definition) is 4. The topological polar surface area (TPSA) is 218 Å². The zero-order chi connectivity index (χ0) is 34.3. The number of hydrazine groups is 1. The summed E-state index contributed by atoms with van der Waals surface area (Å²) in [6.07, 6.45) is 5.60. The van der Waals surface area contributed by atoms with Gasteiger partial charge < -0.3 is 15.2 Å². The molecule has 0 aliphatic carbocycles. The number of aromatic nitrogens is 1. The summed E-state index contributed by atoms with van der Waals surface area (Å²) in [5.74, 6) is -1.95. The van der Waals surface area contributed by atoms with E-state index in [1.54, 1.807) is 67.7 Å². The van der Waals surface area contributed by atoms with Crippen LogP contribution in [0, 0.1) is 0 Å². The molecule has 1 atom stereocenters. The van der Waals surface area contributed by atoms with Gasteiger partial charge in [0.25, 0.3) is 20.2 Å². The van der Waals surface area contributed by atoms with Crippen molar-refractivity contribution in [3.63, 3.8) is 0 Å². The first-order valence-corrected chi connectivity index (χ1v) is 16.7. The van der Waals surface area contributed by atoms with Crippen LogP contribution < -0.4 is 0 Å². The van der Waals surface area contributed by atoms with E-state index in [0.717, 1.165) is 12.1 Å². The van der Waals surface area contributed by atoms with Crippen LogP contribution in [0.4, 0.5) is 17.1 Å². The van der Waals surface area contributed by atoms with Gasteiger partial charge in [-0.1, -0.05) is 18.2 Å². The fourth-order valence-corrected chi connectivity index (χ4v) is 6.46. The molecule has 0 radical (unpaired) electrons. The molecule has 4 aromatic rings. The average molecular weight is 680 g/mol. The largest absolute Gasteiger partial charge is 0.505 e. The third-order valence-electron chi connectivity index (χ3n) is 7.62. The Bertz CT molecular complexity index is 2260. The number of hydrogen-bond acceptors (Lipinski definition) is 13. The second kappa shape index (κ2) is 12.6. The number of benzene rings is 3. The third-order valence-corrected chi connectivity index (χ3v) is 9.36. The van der Waals surface area contributed by atoms with E-state index >= 15 is 0 Å². The molecule has 17 heteroatoms. The minimum absolute atomic E-state index is 0.144. The molecule has 15 nitrogen and oxygen atoms in total. The number of azo groups is 2. The lowest BCUT2D eigenvalue weighted by Gasteiger charge is -2.32. The summed E-state index contributed by atoms with van der Waals surface area (Å²) in [5.41, 5.74) is 0.311. The Balaban J connectivity index is 1.70. The molecule has 0 saturated carbocycles. The summed E-state index contributed by atoms with van der Waals surface area (Å²) in [7, 11) is -8.43. The molecule has 244 valence electrons. The van der Waals surface area contributed by atoms with Crippen LogP contribution in [0.5, 0.6) is 11.5 Å². The number of rotatable bonds is 10. The van der Waals surface area contributed by atoms with E-state index in [0.29, 0.717) is 28.7 Å². The summed E-state index contributed by atoms with van der Waals surface area (Å²) in [6, 6.07) is 9.63. The van der Waals surface area contributed by atoms with Gasteiger partial charge in [-0.2, -0.15) is 21.9 Å². The van der Waals surface area contributed by atoms with Crippen LogP contribution >= 0.6 is 0 Å². The van der Waals surface area contributed by atoms with Gasteiger partial charge in [-0.15, -0.1) is 28.5 Å². The molecular weight excluding hydrogens is 651 g/mol. The first-order chi connectivity index (χ1) is 22.2. The van der Waals surface area contributed by atoms with Gasteiger partial charge in [-0.25, -0.2) is 5.01 Å². The van der Waals surface area contributed by atoms with Crippen molar-refractivity contribution in [2.75, 3.05) is 13.6 Å². The van der Waals surface area contributed by atoms with Gasteiger partial charge in [0.05, 0.1) is 40.6 Å². The summed E-state index contributed by atoms with van der Waals surface area (Å²) in [4.78, 5) is 2.32. The summed E-state index contributed by atoms with van der Waals surface area (Å²) in [6.45, 7) is 9.58. The molecule has 1 aromatic heterocycles. The molecule has 5 rings (SSSR count). The monoisotopic (exact) mass is 679 g/mol. The summed E-state index contributed by atoms with van der Waals surface area (Å²) in [5, 5.41) is 42.1. The molecule has 0 spiro atoms. The van der Waals surface area contributed by atoms with Crippen molar-refractivity contribution < 1.29 is 36.2 Å². The number of aromatic hydroxyl groups is 2. The van der Waals surface area contributed by atoms with Gasteiger partial charge >= 0.3 is 0 Å². The van der Waals surface area contributed by atoms with Gasteiger partial charge in [-0.05, 0) is 55.1 Å². The maximum absolute atomic E-state index is 12.4. The molecule has 2 heterocycles. The maximum atomic E-state index is 12.4. The van der Waals surface area contributed by atoms with Crippen molar-refractivity contribution in [2.45, 2.75) is 29.2 Å². The number of fused-ring (bicyclic) bond motifs is 2. The van der Waals surface area contributed by atoms with E-state index in [2.05, 4.69) is 38.6 Å². The van der Waals surface area contributed by atoms with Crippen molar-refractivity contribution in [1.29, 1.82) is 0 Å². The van der Waals surface area contributed by atoms with Crippen molar-refractivity contribution in [3.05, 3.63) is 85.4 Å². The van der Waals surface area contributed by atoms with Crippen LogP contribution in [-0.2, 0) is 20.2 Å². The van der Waals surface area contributed by atoms with E-state index in [9.17, 15) is 36.2 Å². The van der Waals surface area contributed by atoms with Crippen LogP contribution in [0.3, 0.4) is 0 Å². The maximum Gasteiger partial charge on any atom is 0.296 e. The molecule has 0 amide bonds. The molecule has 4 N–H and O–H groups in total. The summed E-state index contributed by atoms with van der Waals surface area (Å²) < 4.78 is 69.7. The molecular formula is C30H29N7O8S2. The standard InChI is InChI=1S/C30H29N7O8S2/c1-5-9-19(6-2)37-16-23(17(3)36(37)4)33-35-28-25(47(43,44)45)15-18-14-24(46(40,41)42)27(29(38)26(18)30(28)39)34-32-22-12-7-11-21-20(22)10-8-13-31-21/h5-8,10-15,19,38-39H,1-2,9,16H2,3-4H3,(H,40,41,42)(H,43,44,45). The van der Waals surface area contributed by atoms with Gasteiger partial charge in [0.15, 0.2) is 11.5 Å². The zero-order valence-electron chi connectivity index (χ0n) is 25.0. The van der Waals surface area contributed by atoms with Gasteiger partial charge in [-0.3, -0.25) is 14.1 Å². The molecule has 1 aliphatic heterocycles. The SMILES string of the molecule is C=CCC(C=C)N1CC(N=Nc2c(S(=O)(=O)O)cc3cc(S(=O)(=O)O)c(N=Nc4cccc5ncccc45)c(O)c3c2O)=C(C)N1C. The summed E-state index contributed by atoms with van der Waals surface area (Å²) >= 11 is 0. The Hall–Kier alpha value is -5.07. The molecule has 3 aromatic carbocycles. The minimum Gasteiger partial charge on any atom is -0.505 e. The average Bonchev–Trinajstić information content (AvgIpc) is 3.29. The predicted octanol–water partition coefficient (Wildman–Crippen LogP) is 6.32. The third kappa shape index (κ3) is 6.34. The fraction of sp³-hybridized carbons (Fsp3) is 0.167. The zero-order valence-corrected chi connectivity index (χ0v) is 26.7. The van der Waals surface area contributed by atoms with Gasteiger partial charge in [0, 0.05) is 18.6 Å². The van der Waals surface area contributed by atoms with Crippen LogP contribution in [0.25, 0.3) is 21.7 Å². The first kappa shape index (κ1) is 33.3. The number of allylic oxidation sites excluding steroid dienone is 1. The minimum atomic E-state index is -5.11. The molecule has 0 fully saturated rings. The normalized spacial score (nSPS) is 15.4. The van der Waals surface area contributed by atoms with Crippen LogP contribution in [0.2, 0.25) is 0 Å². The Labute approximate surface area is 269 Å². The number of nitrogens with zero attached hydrogens (tertiary/aromatic N) is 7. The molecule has 1 unspecified atom stereocenters. The van der Waals surface area contributed by atoms with Gasteiger partial charge in [0.2, 0.25) is 0 Å². The Kier molecular flexibility index (Phi) is 8.94. The highest BCUT2D eigenvalue weighted by Gasteiger charge is 2.31. The Morgan fingerprint density at radius 3 is 2.13 bits per heavy atom. The van der Waals surface area contributed by atoms with E-state index < -0.39 is 63.7 Å². The van der Waals surface area contributed by atoms with Crippen LogP contribution in [-0.4, -0.2) is 70.8 Å². The van der Waals surface area contributed by atoms with E-state index in [-0.39, 0.29) is 18.3 Å². The highest BCUT2D eigenvalue weighted by Crippen LogP contribution is 2.50. The molecule has 47 heavy (non-hydrogen) atoms. The molecule has 0 bridgehead atoms. The van der Waals surface area contributed by atoms with Crippen molar-refractivity contribution in [3.8, 4) is 11.5 Å². The number of phenolic OH excluding ortho intramolecular Hbond substituents is 2. The van der Waals surface area contributed by atoms with Crippen LogP contribution in [0.1, 0.15) is 13.3 Å². The lowest BCUT2D eigenvalue weighted by molar-refractivity contribution is 0.0394. The smallest absolute Gasteiger partial charge is 0.296 e. The number of phenols is 2. The highest BCUT2D eigenvalue weighted by atomic mass is 32.2. The van der Waals surface area contributed by atoms with E-state index in [4.69, 9.17) is 0 Å². The first-order valence-electron chi connectivity index (χ1n) is 13.8. The fourth-order valence-electron chi connectivity index (χ4n) is 5.14. The lowest BCUT2D eigenvalue weighted by Crippen LogP contribution is -2.41. The Morgan fingerprint density at radius 1 is 0.936 bits per heavy atom. The molecule has 1 aliphatic rings. The quantitative estimate of drug-likeness (QED) is 0.0826. The van der Waals surface area contributed by atoms with E-state index in [1.165, 1.54) is 0 Å². The second-order valence-electron chi connectivity index (χ2n) is 10.4. The lowest BCUT2D eigenvalue weighted by atomic mass is 10.1.